The fourth-order valence-electron chi connectivity index (χ4n) is 1.48. The summed E-state index contributed by atoms with van der Waals surface area (Å²) in [5, 5.41) is 4.97. The molecule has 1 rings (SSSR count). The van der Waals surface area contributed by atoms with Crippen molar-refractivity contribution in [3.05, 3.63) is 11.1 Å². The van der Waals surface area contributed by atoms with Crippen LogP contribution in [0.1, 0.15) is 46.7 Å². The number of sulfonamides is 1. The van der Waals surface area contributed by atoms with Gasteiger partial charge in [0.2, 0.25) is 10.0 Å². The van der Waals surface area contributed by atoms with Gasteiger partial charge in [0.05, 0.1) is 10.9 Å². The fraction of sp³-hybridized carbons (Fsp3) is 0.769. The summed E-state index contributed by atoms with van der Waals surface area (Å²) in [6.45, 7) is 11.2. The summed E-state index contributed by atoms with van der Waals surface area (Å²) < 4.78 is 26.9. The quantitative estimate of drug-likeness (QED) is 0.758. The third-order valence-corrected chi connectivity index (χ3v) is 5.48. The SMILES string of the molecule is CCCNCC(C)S(=O)(=O)Nc1nc(C(C)(C)C)cs1. The Bertz CT molecular complexity index is 518. The van der Waals surface area contributed by atoms with Gasteiger partial charge in [-0.25, -0.2) is 13.4 Å². The largest absolute Gasteiger partial charge is 0.315 e. The molecule has 0 aliphatic heterocycles. The minimum atomic E-state index is -3.39. The lowest BCUT2D eigenvalue weighted by atomic mass is 9.93. The van der Waals surface area contributed by atoms with Crippen LogP contribution in [0.25, 0.3) is 0 Å². The maximum Gasteiger partial charge on any atom is 0.238 e. The van der Waals surface area contributed by atoms with Gasteiger partial charge in [0, 0.05) is 17.3 Å². The zero-order valence-corrected chi connectivity index (χ0v) is 14.5. The van der Waals surface area contributed by atoms with E-state index in [-0.39, 0.29) is 5.41 Å². The van der Waals surface area contributed by atoms with Gasteiger partial charge in [-0.3, -0.25) is 4.72 Å². The average molecular weight is 319 g/mol. The van der Waals surface area contributed by atoms with E-state index in [1.165, 1.54) is 11.3 Å². The smallest absolute Gasteiger partial charge is 0.238 e. The van der Waals surface area contributed by atoms with Crippen molar-refractivity contribution in [2.75, 3.05) is 17.8 Å². The Morgan fingerprint density at radius 1 is 1.40 bits per heavy atom. The van der Waals surface area contributed by atoms with Crippen LogP contribution >= 0.6 is 11.3 Å². The van der Waals surface area contributed by atoms with Gasteiger partial charge in [-0.15, -0.1) is 11.3 Å². The molecule has 1 aromatic rings. The van der Waals surface area contributed by atoms with E-state index in [1.54, 1.807) is 6.92 Å². The molecule has 0 aliphatic rings. The zero-order valence-electron chi connectivity index (χ0n) is 12.9. The molecule has 0 aromatic carbocycles. The molecule has 0 aliphatic carbocycles. The monoisotopic (exact) mass is 319 g/mol. The molecule has 2 N–H and O–H groups in total. The van der Waals surface area contributed by atoms with Gasteiger partial charge >= 0.3 is 0 Å². The Hall–Kier alpha value is -0.660. The van der Waals surface area contributed by atoms with E-state index in [1.807, 2.05) is 12.3 Å². The number of hydrogen-bond donors (Lipinski definition) is 2. The second-order valence-corrected chi connectivity index (χ2v) is 8.91. The lowest BCUT2D eigenvalue weighted by Gasteiger charge is -2.15. The van der Waals surface area contributed by atoms with E-state index < -0.39 is 15.3 Å². The van der Waals surface area contributed by atoms with E-state index in [9.17, 15) is 8.42 Å². The molecular weight excluding hydrogens is 294 g/mol. The highest BCUT2D eigenvalue weighted by Crippen LogP contribution is 2.27. The summed E-state index contributed by atoms with van der Waals surface area (Å²) in [6, 6.07) is 0. The van der Waals surface area contributed by atoms with Crippen molar-refractivity contribution in [1.82, 2.24) is 10.3 Å². The first-order valence-electron chi connectivity index (χ1n) is 6.85. The summed E-state index contributed by atoms with van der Waals surface area (Å²) in [5.74, 6) is 0. The lowest BCUT2D eigenvalue weighted by Crippen LogP contribution is -2.35. The van der Waals surface area contributed by atoms with E-state index in [0.29, 0.717) is 11.7 Å². The van der Waals surface area contributed by atoms with Gasteiger partial charge in [-0.1, -0.05) is 27.7 Å². The maximum atomic E-state index is 12.2. The number of thiazole rings is 1. The minimum Gasteiger partial charge on any atom is -0.315 e. The highest BCUT2D eigenvalue weighted by atomic mass is 32.2. The summed E-state index contributed by atoms with van der Waals surface area (Å²) >= 11 is 1.33. The molecule has 0 bridgehead atoms. The van der Waals surface area contributed by atoms with Crippen molar-refractivity contribution in [3.63, 3.8) is 0 Å². The fourth-order valence-corrected chi connectivity index (χ4v) is 3.63. The average Bonchev–Trinajstić information content (AvgIpc) is 2.76. The predicted octanol–water partition coefficient (Wildman–Crippen LogP) is 2.57. The third-order valence-electron chi connectivity index (χ3n) is 2.89. The van der Waals surface area contributed by atoms with Gasteiger partial charge in [-0.2, -0.15) is 0 Å². The highest BCUT2D eigenvalue weighted by Gasteiger charge is 2.23. The lowest BCUT2D eigenvalue weighted by molar-refractivity contribution is 0.571. The Kier molecular flexibility index (Phi) is 5.97. The molecule has 0 saturated carbocycles. The normalized spacial score (nSPS) is 14.2. The predicted molar refractivity (Wildman–Crippen MR) is 86.0 cm³/mol. The molecule has 5 nitrogen and oxygen atoms in total. The molecule has 7 heteroatoms. The second-order valence-electron chi connectivity index (χ2n) is 5.95. The van der Waals surface area contributed by atoms with Crippen molar-refractivity contribution in [2.24, 2.45) is 0 Å². The van der Waals surface area contributed by atoms with E-state index >= 15 is 0 Å². The van der Waals surface area contributed by atoms with E-state index in [2.05, 4.69) is 35.8 Å². The molecular formula is C13H25N3O2S2. The van der Waals surface area contributed by atoms with Gasteiger partial charge in [-0.05, 0) is 19.9 Å². The van der Waals surface area contributed by atoms with Crippen molar-refractivity contribution in [3.8, 4) is 0 Å². The van der Waals surface area contributed by atoms with Crippen LogP contribution < -0.4 is 10.0 Å². The van der Waals surface area contributed by atoms with Crippen LogP contribution in [0.4, 0.5) is 5.13 Å². The van der Waals surface area contributed by atoms with Gasteiger partial charge in [0.25, 0.3) is 0 Å². The molecule has 0 spiro atoms. The Morgan fingerprint density at radius 2 is 2.05 bits per heavy atom. The standard InChI is InChI=1S/C13H25N3O2S2/c1-6-7-14-8-10(2)20(17,18)16-12-15-11(9-19-12)13(3,4)5/h9-10,14H,6-8H2,1-5H3,(H,15,16). The molecule has 0 saturated heterocycles. The molecule has 0 radical (unpaired) electrons. The van der Waals surface area contributed by atoms with Gasteiger partial charge in [0.15, 0.2) is 5.13 Å². The summed E-state index contributed by atoms with van der Waals surface area (Å²) in [4.78, 5) is 4.35. The summed E-state index contributed by atoms with van der Waals surface area (Å²) in [5.41, 5.74) is 0.825. The zero-order chi connectivity index (χ0) is 15.4. The van der Waals surface area contributed by atoms with Crippen LogP contribution in [0, 0.1) is 0 Å². The molecule has 1 aromatic heterocycles. The van der Waals surface area contributed by atoms with Crippen molar-refractivity contribution in [1.29, 1.82) is 0 Å². The van der Waals surface area contributed by atoms with Crippen LogP contribution in [0.15, 0.2) is 5.38 Å². The number of rotatable bonds is 7. The maximum absolute atomic E-state index is 12.2. The molecule has 20 heavy (non-hydrogen) atoms. The second kappa shape index (κ2) is 6.87. The molecule has 1 unspecified atom stereocenters. The van der Waals surface area contributed by atoms with E-state index in [4.69, 9.17) is 0 Å². The van der Waals surface area contributed by atoms with Crippen LogP contribution in [0.2, 0.25) is 0 Å². The van der Waals surface area contributed by atoms with Gasteiger partial charge in [0.1, 0.15) is 0 Å². The first kappa shape index (κ1) is 17.4. The highest BCUT2D eigenvalue weighted by molar-refractivity contribution is 7.93. The third kappa shape index (κ3) is 5.03. The van der Waals surface area contributed by atoms with Crippen LogP contribution in [0.3, 0.4) is 0 Å². The minimum absolute atomic E-state index is 0.0749. The Labute approximate surface area is 126 Å². The van der Waals surface area contributed by atoms with Crippen LogP contribution in [-0.4, -0.2) is 31.7 Å². The van der Waals surface area contributed by atoms with Crippen molar-refractivity contribution >= 4 is 26.5 Å². The first-order valence-corrected chi connectivity index (χ1v) is 9.27. The summed E-state index contributed by atoms with van der Waals surface area (Å²) in [7, 11) is -3.39. The molecule has 1 heterocycles. The van der Waals surface area contributed by atoms with Crippen LogP contribution in [-0.2, 0) is 15.4 Å². The number of aromatic nitrogens is 1. The Morgan fingerprint density at radius 3 is 2.55 bits per heavy atom. The van der Waals surface area contributed by atoms with Crippen molar-refractivity contribution < 1.29 is 8.42 Å². The summed E-state index contributed by atoms with van der Waals surface area (Å²) in [6.07, 6.45) is 0.988. The molecule has 0 amide bonds. The molecule has 1 atom stereocenters. The first-order chi connectivity index (χ1) is 9.16. The van der Waals surface area contributed by atoms with E-state index in [0.717, 1.165) is 18.7 Å². The topological polar surface area (TPSA) is 71.1 Å². The number of nitrogens with zero attached hydrogens (tertiary/aromatic N) is 1. The molecule has 0 fully saturated rings. The van der Waals surface area contributed by atoms with Crippen LogP contribution in [0.5, 0.6) is 0 Å². The van der Waals surface area contributed by atoms with Gasteiger partial charge < -0.3 is 5.32 Å². The Balaban J connectivity index is 2.68. The number of nitrogens with one attached hydrogen (secondary N) is 2. The molecule has 116 valence electrons. The number of anilines is 1. The number of hydrogen-bond acceptors (Lipinski definition) is 5. The van der Waals surface area contributed by atoms with Crippen molar-refractivity contribution in [2.45, 2.75) is 51.7 Å².